The minimum absolute atomic E-state index is 0.0313. The van der Waals surface area contributed by atoms with Crippen molar-refractivity contribution >= 4 is 5.97 Å². The second-order valence-electron chi connectivity index (χ2n) is 3.81. The van der Waals surface area contributed by atoms with Crippen LogP contribution in [0.15, 0.2) is 0 Å². The topological polar surface area (TPSA) is 52.3 Å². The van der Waals surface area contributed by atoms with E-state index in [0.29, 0.717) is 12.3 Å². The van der Waals surface area contributed by atoms with Gasteiger partial charge in [0.25, 0.3) is 0 Å². The maximum Gasteiger partial charge on any atom is 0.324 e. The standard InChI is InChI=1S/C8H17NO2/c1-6(2)8(3,4)5-7(10)11-9/h6H,5,9H2,1-4H3. The van der Waals surface area contributed by atoms with E-state index >= 15 is 0 Å². The third-order valence-corrected chi connectivity index (χ3v) is 2.29. The molecule has 3 heteroatoms. The van der Waals surface area contributed by atoms with Crippen molar-refractivity contribution < 1.29 is 9.63 Å². The normalized spacial score (nSPS) is 11.8. The summed E-state index contributed by atoms with van der Waals surface area (Å²) >= 11 is 0. The molecule has 0 radical (unpaired) electrons. The molecule has 0 atom stereocenters. The maximum absolute atomic E-state index is 10.8. The van der Waals surface area contributed by atoms with Crippen LogP contribution in [-0.4, -0.2) is 5.97 Å². The fourth-order valence-electron chi connectivity index (χ4n) is 0.618. The molecule has 0 aromatic heterocycles. The average Bonchev–Trinajstić information content (AvgIpc) is 1.86. The van der Waals surface area contributed by atoms with Gasteiger partial charge in [-0.1, -0.05) is 27.7 Å². The molecule has 0 saturated heterocycles. The van der Waals surface area contributed by atoms with Crippen molar-refractivity contribution in [3.63, 3.8) is 0 Å². The van der Waals surface area contributed by atoms with Crippen LogP contribution >= 0.6 is 0 Å². The first-order valence-electron chi connectivity index (χ1n) is 3.79. The maximum atomic E-state index is 10.8. The first-order valence-corrected chi connectivity index (χ1v) is 3.79. The fourth-order valence-corrected chi connectivity index (χ4v) is 0.618. The van der Waals surface area contributed by atoms with Crippen molar-refractivity contribution in [2.45, 2.75) is 34.1 Å². The molecule has 11 heavy (non-hydrogen) atoms. The first-order chi connectivity index (χ1) is 4.90. The number of rotatable bonds is 3. The molecule has 0 fully saturated rings. The van der Waals surface area contributed by atoms with Gasteiger partial charge in [-0.3, -0.25) is 4.79 Å². The van der Waals surface area contributed by atoms with E-state index in [1.165, 1.54) is 0 Å². The van der Waals surface area contributed by atoms with Crippen LogP contribution in [0, 0.1) is 11.3 Å². The van der Waals surface area contributed by atoms with Crippen LogP contribution in [0.1, 0.15) is 34.1 Å². The minimum atomic E-state index is -0.344. The Morgan fingerprint density at radius 2 is 2.00 bits per heavy atom. The molecule has 0 spiro atoms. The van der Waals surface area contributed by atoms with E-state index in [0.717, 1.165) is 0 Å². The van der Waals surface area contributed by atoms with E-state index in [2.05, 4.69) is 18.7 Å². The molecule has 0 rings (SSSR count). The lowest BCUT2D eigenvalue weighted by Crippen LogP contribution is -2.25. The Morgan fingerprint density at radius 3 is 2.27 bits per heavy atom. The van der Waals surface area contributed by atoms with Crippen molar-refractivity contribution in [2.24, 2.45) is 17.2 Å². The molecule has 0 heterocycles. The second kappa shape index (κ2) is 3.72. The van der Waals surface area contributed by atoms with E-state index in [9.17, 15) is 4.79 Å². The van der Waals surface area contributed by atoms with Gasteiger partial charge in [0.1, 0.15) is 0 Å². The molecular formula is C8H17NO2. The van der Waals surface area contributed by atoms with E-state index in [1.807, 2.05) is 13.8 Å². The Balaban J connectivity index is 4.01. The number of hydrogen-bond donors (Lipinski definition) is 1. The molecule has 3 nitrogen and oxygen atoms in total. The lowest BCUT2D eigenvalue weighted by molar-refractivity contribution is -0.147. The summed E-state index contributed by atoms with van der Waals surface area (Å²) in [7, 11) is 0. The van der Waals surface area contributed by atoms with E-state index in [-0.39, 0.29) is 11.4 Å². The zero-order chi connectivity index (χ0) is 9.07. The zero-order valence-corrected chi connectivity index (χ0v) is 7.68. The molecule has 0 aromatic carbocycles. The number of hydrogen-bond acceptors (Lipinski definition) is 3. The van der Waals surface area contributed by atoms with Crippen LogP contribution in [0.3, 0.4) is 0 Å². The van der Waals surface area contributed by atoms with E-state index in [1.54, 1.807) is 0 Å². The number of carbonyl (C=O) groups is 1. The molecule has 0 saturated carbocycles. The number of carbonyl (C=O) groups excluding carboxylic acids is 1. The van der Waals surface area contributed by atoms with Crippen LogP contribution < -0.4 is 5.90 Å². The minimum Gasteiger partial charge on any atom is -0.373 e. The highest BCUT2D eigenvalue weighted by atomic mass is 16.7. The molecule has 0 aromatic rings. The van der Waals surface area contributed by atoms with Crippen LogP contribution in [0.25, 0.3) is 0 Å². The Hall–Kier alpha value is -0.570. The third-order valence-electron chi connectivity index (χ3n) is 2.29. The lowest BCUT2D eigenvalue weighted by atomic mass is 9.78. The molecule has 2 N–H and O–H groups in total. The van der Waals surface area contributed by atoms with Gasteiger partial charge in [-0.05, 0) is 11.3 Å². The van der Waals surface area contributed by atoms with E-state index in [4.69, 9.17) is 5.90 Å². The molecular weight excluding hydrogens is 142 g/mol. The Labute approximate surface area is 67.9 Å². The molecule has 0 bridgehead atoms. The first kappa shape index (κ1) is 10.4. The largest absolute Gasteiger partial charge is 0.373 e. The average molecular weight is 159 g/mol. The monoisotopic (exact) mass is 159 g/mol. The third kappa shape index (κ3) is 3.37. The molecule has 0 aliphatic rings. The Bertz CT molecular complexity index is 141. The SMILES string of the molecule is CC(C)C(C)(C)CC(=O)ON. The fraction of sp³-hybridized carbons (Fsp3) is 0.875. The second-order valence-corrected chi connectivity index (χ2v) is 3.81. The quantitative estimate of drug-likeness (QED) is 0.634. The summed E-state index contributed by atoms with van der Waals surface area (Å²) in [6.07, 6.45) is 0.376. The van der Waals surface area contributed by atoms with Crippen molar-refractivity contribution in [3.05, 3.63) is 0 Å². The van der Waals surface area contributed by atoms with Gasteiger partial charge >= 0.3 is 5.97 Å². The van der Waals surface area contributed by atoms with Gasteiger partial charge in [-0.15, -0.1) is 0 Å². The highest BCUT2D eigenvalue weighted by Gasteiger charge is 2.26. The van der Waals surface area contributed by atoms with Gasteiger partial charge in [0.15, 0.2) is 0 Å². The molecule has 0 aliphatic carbocycles. The number of nitrogens with two attached hydrogens (primary N) is 1. The van der Waals surface area contributed by atoms with E-state index < -0.39 is 0 Å². The Morgan fingerprint density at radius 1 is 1.55 bits per heavy atom. The lowest BCUT2D eigenvalue weighted by Gasteiger charge is -2.27. The van der Waals surface area contributed by atoms with Gasteiger partial charge in [-0.2, -0.15) is 5.90 Å². The molecule has 0 amide bonds. The predicted octanol–water partition coefficient (Wildman–Crippen LogP) is 1.48. The van der Waals surface area contributed by atoms with Crippen molar-refractivity contribution in [3.8, 4) is 0 Å². The highest BCUT2D eigenvalue weighted by molar-refractivity contribution is 5.69. The van der Waals surface area contributed by atoms with Crippen molar-refractivity contribution in [1.29, 1.82) is 0 Å². The highest BCUT2D eigenvalue weighted by Crippen LogP contribution is 2.29. The van der Waals surface area contributed by atoms with Crippen molar-refractivity contribution in [2.75, 3.05) is 0 Å². The summed E-state index contributed by atoms with van der Waals surface area (Å²) in [5, 5.41) is 0. The van der Waals surface area contributed by atoms with Gasteiger partial charge in [0.05, 0.1) is 6.42 Å². The summed E-state index contributed by atoms with van der Waals surface area (Å²) in [5.74, 6) is 4.83. The van der Waals surface area contributed by atoms with Crippen LogP contribution in [0.5, 0.6) is 0 Å². The molecule has 66 valence electrons. The van der Waals surface area contributed by atoms with Crippen LogP contribution in [0.2, 0.25) is 0 Å². The van der Waals surface area contributed by atoms with Crippen LogP contribution in [-0.2, 0) is 9.63 Å². The zero-order valence-electron chi connectivity index (χ0n) is 7.68. The molecule has 0 aliphatic heterocycles. The Kier molecular flexibility index (Phi) is 3.52. The predicted molar refractivity (Wildman–Crippen MR) is 43.5 cm³/mol. The smallest absolute Gasteiger partial charge is 0.324 e. The van der Waals surface area contributed by atoms with Crippen LogP contribution in [0.4, 0.5) is 0 Å². The summed E-state index contributed by atoms with van der Waals surface area (Å²) < 4.78 is 0. The van der Waals surface area contributed by atoms with Gasteiger partial charge < -0.3 is 4.84 Å². The van der Waals surface area contributed by atoms with Gasteiger partial charge in [-0.25, -0.2) is 0 Å². The summed E-state index contributed by atoms with van der Waals surface area (Å²) in [6.45, 7) is 8.19. The molecule has 0 unspecified atom stereocenters. The van der Waals surface area contributed by atoms with Gasteiger partial charge in [0.2, 0.25) is 0 Å². The van der Waals surface area contributed by atoms with Crippen molar-refractivity contribution in [1.82, 2.24) is 0 Å². The van der Waals surface area contributed by atoms with Gasteiger partial charge in [0, 0.05) is 0 Å². The summed E-state index contributed by atoms with van der Waals surface area (Å²) in [4.78, 5) is 14.9. The summed E-state index contributed by atoms with van der Waals surface area (Å²) in [5.41, 5.74) is -0.0313. The summed E-state index contributed by atoms with van der Waals surface area (Å²) in [6, 6.07) is 0.